The smallest absolute Gasteiger partial charge is 0.255 e. The molecule has 98 valence electrons. The van der Waals surface area contributed by atoms with E-state index in [9.17, 15) is 4.79 Å². The number of carbonyl (C=O) groups is 1. The molecule has 2 atom stereocenters. The molecule has 0 bridgehead atoms. The number of rotatable bonds is 4. The zero-order valence-corrected chi connectivity index (χ0v) is 10.8. The van der Waals surface area contributed by atoms with E-state index in [1.54, 1.807) is 6.07 Å². The van der Waals surface area contributed by atoms with Gasteiger partial charge in [0.25, 0.3) is 5.91 Å². The maximum absolute atomic E-state index is 12.0. The second-order valence-electron chi connectivity index (χ2n) is 4.67. The number of carbonyl (C=O) groups excluding carboxylic acids is 1. The quantitative estimate of drug-likeness (QED) is 0.798. The van der Waals surface area contributed by atoms with Crippen LogP contribution in [0.1, 0.15) is 42.1 Å². The highest BCUT2D eigenvalue weighted by Gasteiger charge is 2.30. The van der Waals surface area contributed by atoms with Crippen molar-refractivity contribution in [1.82, 2.24) is 5.32 Å². The Bertz CT molecular complexity index is 445. The molecular weight excluding hydrogens is 230 g/mol. The van der Waals surface area contributed by atoms with Gasteiger partial charge < -0.3 is 15.2 Å². The summed E-state index contributed by atoms with van der Waals surface area (Å²) in [4.78, 5) is 12.0. The van der Waals surface area contributed by atoms with Crippen LogP contribution in [-0.4, -0.2) is 30.3 Å². The van der Waals surface area contributed by atoms with Crippen LogP contribution in [0, 0.1) is 0 Å². The van der Waals surface area contributed by atoms with Gasteiger partial charge >= 0.3 is 0 Å². The fourth-order valence-corrected chi connectivity index (χ4v) is 2.14. The Balaban J connectivity index is 2.18. The lowest BCUT2D eigenvalue weighted by molar-refractivity contribution is 0.0946. The maximum atomic E-state index is 12.0. The van der Waals surface area contributed by atoms with Gasteiger partial charge in [-0.3, -0.25) is 4.79 Å². The molecular formula is C14H19NO3. The van der Waals surface area contributed by atoms with Gasteiger partial charge in [0.15, 0.2) is 0 Å². The highest BCUT2D eigenvalue weighted by atomic mass is 16.5. The maximum Gasteiger partial charge on any atom is 0.255 e. The lowest BCUT2D eigenvalue weighted by Gasteiger charge is -2.09. The molecule has 1 aliphatic rings. The SMILES string of the molecule is CC1Oc2c(C(=O)NCCCO)cccc2C1C. The monoisotopic (exact) mass is 249 g/mol. The summed E-state index contributed by atoms with van der Waals surface area (Å²) in [5.41, 5.74) is 1.68. The molecule has 0 aliphatic carbocycles. The van der Waals surface area contributed by atoms with Gasteiger partial charge in [-0.25, -0.2) is 0 Å². The number of benzene rings is 1. The summed E-state index contributed by atoms with van der Waals surface area (Å²) in [6.45, 7) is 4.67. The second-order valence-corrected chi connectivity index (χ2v) is 4.67. The van der Waals surface area contributed by atoms with Crippen LogP contribution in [-0.2, 0) is 0 Å². The van der Waals surface area contributed by atoms with Crippen LogP contribution in [0.15, 0.2) is 18.2 Å². The molecule has 18 heavy (non-hydrogen) atoms. The van der Waals surface area contributed by atoms with Crippen molar-refractivity contribution in [2.24, 2.45) is 0 Å². The van der Waals surface area contributed by atoms with Crippen LogP contribution >= 0.6 is 0 Å². The zero-order valence-electron chi connectivity index (χ0n) is 10.8. The van der Waals surface area contributed by atoms with Crippen LogP contribution in [0.3, 0.4) is 0 Å². The van der Waals surface area contributed by atoms with Crippen LogP contribution in [0.5, 0.6) is 5.75 Å². The average molecular weight is 249 g/mol. The molecule has 2 unspecified atom stereocenters. The predicted molar refractivity (Wildman–Crippen MR) is 69.0 cm³/mol. The van der Waals surface area contributed by atoms with Crippen molar-refractivity contribution in [2.75, 3.05) is 13.2 Å². The number of para-hydroxylation sites is 1. The Labute approximate surface area is 107 Å². The largest absolute Gasteiger partial charge is 0.489 e. The number of aliphatic hydroxyl groups excluding tert-OH is 1. The van der Waals surface area contributed by atoms with Crippen LogP contribution in [0.25, 0.3) is 0 Å². The van der Waals surface area contributed by atoms with Crippen molar-refractivity contribution < 1.29 is 14.6 Å². The molecule has 1 amide bonds. The summed E-state index contributed by atoms with van der Waals surface area (Å²) in [5, 5.41) is 11.5. The van der Waals surface area contributed by atoms with E-state index in [4.69, 9.17) is 9.84 Å². The third-order valence-corrected chi connectivity index (χ3v) is 3.41. The van der Waals surface area contributed by atoms with E-state index < -0.39 is 0 Å². The molecule has 0 spiro atoms. The van der Waals surface area contributed by atoms with Crippen LogP contribution in [0.2, 0.25) is 0 Å². The number of nitrogens with one attached hydrogen (secondary N) is 1. The van der Waals surface area contributed by atoms with Gasteiger partial charge in [0.05, 0.1) is 5.56 Å². The minimum atomic E-state index is -0.137. The third kappa shape index (κ3) is 2.34. The molecule has 0 fully saturated rings. The first-order chi connectivity index (χ1) is 8.65. The molecule has 2 rings (SSSR count). The standard InChI is InChI=1S/C14H19NO3/c1-9-10(2)18-13-11(9)5-3-6-12(13)14(17)15-7-4-8-16/h3,5-6,9-10,16H,4,7-8H2,1-2H3,(H,15,17). The molecule has 4 nitrogen and oxygen atoms in total. The Morgan fingerprint density at radius 2 is 2.22 bits per heavy atom. The first-order valence-corrected chi connectivity index (χ1v) is 6.33. The molecule has 1 aromatic rings. The summed E-state index contributed by atoms with van der Waals surface area (Å²) in [6, 6.07) is 5.67. The fourth-order valence-electron chi connectivity index (χ4n) is 2.14. The van der Waals surface area contributed by atoms with Crippen molar-refractivity contribution in [1.29, 1.82) is 0 Å². The van der Waals surface area contributed by atoms with E-state index >= 15 is 0 Å². The lowest BCUT2D eigenvalue weighted by atomic mass is 9.97. The second kappa shape index (κ2) is 5.40. The molecule has 0 saturated carbocycles. The molecule has 0 saturated heterocycles. The molecule has 0 aromatic heterocycles. The number of ether oxygens (including phenoxy) is 1. The zero-order chi connectivity index (χ0) is 13.1. The van der Waals surface area contributed by atoms with E-state index in [0.29, 0.717) is 30.2 Å². The van der Waals surface area contributed by atoms with E-state index in [2.05, 4.69) is 12.2 Å². The summed E-state index contributed by atoms with van der Waals surface area (Å²) in [7, 11) is 0. The Morgan fingerprint density at radius 3 is 2.94 bits per heavy atom. The molecule has 1 aromatic carbocycles. The van der Waals surface area contributed by atoms with Crippen LogP contribution in [0.4, 0.5) is 0 Å². The number of hydrogen-bond donors (Lipinski definition) is 2. The Hall–Kier alpha value is -1.55. The normalized spacial score (nSPS) is 21.3. The molecule has 2 N–H and O–H groups in total. The van der Waals surface area contributed by atoms with Gasteiger partial charge in [-0.15, -0.1) is 0 Å². The van der Waals surface area contributed by atoms with Crippen LogP contribution < -0.4 is 10.1 Å². The Kier molecular flexibility index (Phi) is 3.87. The number of hydrogen-bond acceptors (Lipinski definition) is 3. The van der Waals surface area contributed by atoms with E-state index in [1.807, 2.05) is 19.1 Å². The molecule has 4 heteroatoms. The topological polar surface area (TPSA) is 58.6 Å². The van der Waals surface area contributed by atoms with Crippen molar-refractivity contribution in [3.8, 4) is 5.75 Å². The van der Waals surface area contributed by atoms with Crippen molar-refractivity contribution >= 4 is 5.91 Å². The first kappa shape index (κ1) is 12.9. The van der Waals surface area contributed by atoms with Crippen molar-refractivity contribution in [3.63, 3.8) is 0 Å². The van der Waals surface area contributed by atoms with Gasteiger partial charge in [0, 0.05) is 24.6 Å². The highest BCUT2D eigenvalue weighted by molar-refractivity contribution is 5.97. The van der Waals surface area contributed by atoms with E-state index in [0.717, 1.165) is 5.56 Å². The molecule has 1 heterocycles. The van der Waals surface area contributed by atoms with E-state index in [1.165, 1.54) is 0 Å². The predicted octanol–water partition coefficient (Wildman–Crippen LogP) is 1.68. The summed E-state index contributed by atoms with van der Waals surface area (Å²) < 4.78 is 5.77. The van der Waals surface area contributed by atoms with Gasteiger partial charge in [-0.05, 0) is 19.4 Å². The Morgan fingerprint density at radius 1 is 1.44 bits per heavy atom. The lowest BCUT2D eigenvalue weighted by Crippen LogP contribution is -2.25. The number of fused-ring (bicyclic) bond motifs is 1. The number of amides is 1. The molecule has 1 aliphatic heterocycles. The third-order valence-electron chi connectivity index (χ3n) is 3.41. The summed E-state index contributed by atoms with van der Waals surface area (Å²) >= 11 is 0. The first-order valence-electron chi connectivity index (χ1n) is 6.33. The minimum Gasteiger partial charge on any atom is -0.489 e. The van der Waals surface area contributed by atoms with Gasteiger partial charge in [0.2, 0.25) is 0 Å². The van der Waals surface area contributed by atoms with Crippen molar-refractivity contribution in [2.45, 2.75) is 32.3 Å². The molecule has 0 radical (unpaired) electrons. The average Bonchev–Trinajstić information content (AvgIpc) is 2.66. The summed E-state index contributed by atoms with van der Waals surface area (Å²) in [6.07, 6.45) is 0.667. The number of aliphatic hydroxyl groups is 1. The minimum absolute atomic E-state index is 0.0811. The van der Waals surface area contributed by atoms with Crippen molar-refractivity contribution in [3.05, 3.63) is 29.3 Å². The van der Waals surface area contributed by atoms with Gasteiger partial charge in [-0.1, -0.05) is 19.1 Å². The van der Waals surface area contributed by atoms with E-state index in [-0.39, 0.29) is 18.6 Å². The highest BCUT2D eigenvalue weighted by Crippen LogP contribution is 2.40. The summed E-state index contributed by atoms with van der Waals surface area (Å²) in [5.74, 6) is 0.880. The van der Waals surface area contributed by atoms with Gasteiger partial charge in [0.1, 0.15) is 11.9 Å². The van der Waals surface area contributed by atoms with Gasteiger partial charge in [-0.2, -0.15) is 0 Å². The fraction of sp³-hybridized carbons (Fsp3) is 0.500.